The molecule has 0 N–H and O–H groups in total. The standard InChI is InChI=1S/C9H13FS/c1-6-3-4-9(2)7(10)5-11-8(6)9/h5-6,8H,3-4H2,1-2H3. The van der Waals surface area contributed by atoms with E-state index in [-0.39, 0.29) is 11.2 Å². The van der Waals surface area contributed by atoms with Gasteiger partial charge in [0, 0.05) is 16.1 Å². The van der Waals surface area contributed by atoms with Gasteiger partial charge in [-0.3, -0.25) is 0 Å². The van der Waals surface area contributed by atoms with Gasteiger partial charge in [-0.25, -0.2) is 4.39 Å². The molecule has 2 rings (SSSR count). The summed E-state index contributed by atoms with van der Waals surface area (Å²) in [5.41, 5.74) is -0.107. The maximum Gasteiger partial charge on any atom is 0.113 e. The molecule has 0 nitrogen and oxygen atoms in total. The van der Waals surface area contributed by atoms with E-state index in [0.717, 1.165) is 6.42 Å². The summed E-state index contributed by atoms with van der Waals surface area (Å²) in [4.78, 5) is 0. The lowest BCUT2D eigenvalue weighted by molar-refractivity contribution is 0.335. The van der Waals surface area contributed by atoms with Gasteiger partial charge in [-0.1, -0.05) is 13.8 Å². The molecule has 62 valence electrons. The molecule has 0 spiro atoms. The van der Waals surface area contributed by atoms with E-state index in [0.29, 0.717) is 11.2 Å². The Morgan fingerprint density at radius 3 is 3.09 bits per heavy atom. The van der Waals surface area contributed by atoms with Crippen LogP contribution in [0.1, 0.15) is 26.7 Å². The molecule has 0 radical (unpaired) electrons. The third-order valence-corrected chi connectivity index (χ3v) is 4.75. The van der Waals surface area contributed by atoms with E-state index in [2.05, 4.69) is 13.8 Å². The number of hydrogen-bond acceptors (Lipinski definition) is 1. The Kier molecular flexibility index (Phi) is 1.57. The number of thioether (sulfide) groups is 1. The molecule has 0 bridgehead atoms. The second kappa shape index (κ2) is 2.25. The van der Waals surface area contributed by atoms with E-state index in [1.807, 2.05) is 0 Å². The third-order valence-electron chi connectivity index (χ3n) is 3.13. The largest absolute Gasteiger partial charge is 0.211 e. The van der Waals surface area contributed by atoms with Crippen LogP contribution in [0.4, 0.5) is 4.39 Å². The van der Waals surface area contributed by atoms with Gasteiger partial charge in [-0.2, -0.15) is 0 Å². The molecular weight excluding hydrogens is 159 g/mol. The Morgan fingerprint density at radius 1 is 1.73 bits per heavy atom. The molecule has 1 aliphatic carbocycles. The van der Waals surface area contributed by atoms with Crippen LogP contribution in [0.25, 0.3) is 0 Å². The number of halogens is 1. The van der Waals surface area contributed by atoms with Crippen molar-refractivity contribution < 1.29 is 4.39 Å². The van der Waals surface area contributed by atoms with Crippen LogP contribution in [0.3, 0.4) is 0 Å². The van der Waals surface area contributed by atoms with Crippen LogP contribution >= 0.6 is 11.8 Å². The molecule has 0 saturated heterocycles. The molecular formula is C9H13FS. The number of fused-ring (bicyclic) bond motifs is 1. The first-order chi connectivity index (χ1) is 5.14. The summed E-state index contributed by atoms with van der Waals surface area (Å²) < 4.78 is 13.3. The minimum atomic E-state index is -0.107. The van der Waals surface area contributed by atoms with E-state index in [9.17, 15) is 4.39 Å². The fraction of sp³-hybridized carbons (Fsp3) is 0.778. The summed E-state index contributed by atoms with van der Waals surface area (Å²) in [6.07, 6.45) is 2.23. The fourth-order valence-electron chi connectivity index (χ4n) is 2.26. The van der Waals surface area contributed by atoms with E-state index >= 15 is 0 Å². The summed E-state index contributed by atoms with van der Waals surface area (Å²) in [7, 11) is 0. The molecule has 1 aliphatic heterocycles. The summed E-state index contributed by atoms with van der Waals surface area (Å²) >= 11 is 1.69. The molecule has 3 unspecified atom stereocenters. The Morgan fingerprint density at radius 2 is 2.45 bits per heavy atom. The van der Waals surface area contributed by atoms with E-state index in [4.69, 9.17) is 0 Å². The average Bonchev–Trinajstić information content (AvgIpc) is 2.39. The van der Waals surface area contributed by atoms with Crippen molar-refractivity contribution in [3.05, 3.63) is 11.2 Å². The Hall–Kier alpha value is 0.0200. The van der Waals surface area contributed by atoms with Gasteiger partial charge in [0.1, 0.15) is 5.83 Å². The molecule has 1 fully saturated rings. The van der Waals surface area contributed by atoms with Crippen LogP contribution in [0.15, 0.2) is 11.2 Å². The van der Waals surface area contributed by atoms with Crippen LogP contribution in [0.2, 0.25) is 0 Å². The van der Waals surface area contributed by atoms with E-state index in [1.54, 1.807) is 17.2 Å². The van der Waals surface area contributed by atoms with Crippen molar-refractivity contribution in [3.63, 3.8) is 0 Å². The van der Waals surface area contributed by atoms with Gasteiger partial charge < -0.3 is 0 Å². The zero-order valence-electron chi connectivity index (χ0n) is 6.93. The van der Waals surface area contributed by atoms with Crippen LogP contribution in [0.5, 0.6) is 0 Å². The number of allylic oxidation sites excluding steroid dienone is 1. The lowest BCUT2D eigenvalue weighted by Crippen LogP contribution is -2.23. The normalized spacial score (nSPS) is 49.2. The molecule has 0 aromatic rings. The monoisotopic (exact) mass is 172 g/mol. The Balaban J connectivity index is 2.30. The molecule has 2 aliphatic rings. The zero-order valence-corrected chi connectivity index (χ0v) is 7.75. The molecule has 0 amide bonds. The lowest BCUT2D eigenvalue weighted by Gasteiger charge is -2.24. The molecule has 11 heavy (non-hydrogen) atoms. The summed E-state index contributed by atoms with van der Waals surface area (Å²) in [6, 6.07) is 0. The van der Waals surface area contributed by atoms with E-state index in [1.165, 1.54) is 6.42 Å². The van der Waals surface area contributed by atoms with Crippen molar-refractivity contribution in [2.24, 2.45) is 11.3 Å². The van der Waals surface area contributed by atoms with Crippen molar-refractivity contribution in [3.8, 4) is 0 Å². The van der Waals surface area contributed by atoms with Gasteiger partial charge in [0.2, 0.25) is 0 Å². The average molecular weight is 172 g/mol. The second-order valence-corrected chi connectivity index (χ2v) is 4.97. The maximum atomic E-state index is 13.3. The molecule has 0 aromatic heterocycles. The minimum Gasteiger partial charge on any atom is -0.211 e. The predicted molar refractivity (Wildman–Crippen MR) is 47.1 cm³/mol. The first-order valence-corrected chi connectivity index (χ1v) is 5.10. The molecule has 0 aromatic carbocycles. The second-order valence-electron chi connectivity index (χ2n) is 3.96. The quantitative estimate of drug-likeness (QED) is 0.540. The first kappa shape index (κ1) is 7.66. The summed E-state index contributed by atoms with van der Waals surface area (Å²) in [5, 5.41) is 2.22. The van der Waals surface area contributed by atoms with E-state index < -0.39 is 0 Å². The van der Waals surface area contributed by atoms with Crippen LogP contribution in [-0.4, -0.2) is 5.25 Å². The van der Waals surface area contributed by atoms with Gasteiger partial charge in [0.25, 0.3) is 0 Å². The maximum absolute atomic E-state index is 13.3. The summed E-state index contributed by atoms with van der Waals surface area (Å²) in [6.45, 7) is 4.29. The summed E-state index contributed by atoms with van der Waals surface area (Å²) in [5.74, 6) is 0.811. The Bertz CT molecular complexity index is 212. The molecule has 1 heterocycles. The fourth-order valence-corrected chi connectivity index (χ4v) is 3.73. The number of hydrogen-bond donors (Lipinski definition) is 0. The highest BCUT2D eigenvalue weighted by atomic mass is 32.2. The predicted octanol–water partition coefficient (Wildman–Crippen LogP) is 3.35. The molecule has 1 saturated carbocycles. The van der Waals surface area contributed by atoms with Crippen molar-refractivity contribution in [2.75, 3.05) is 0 Å². The Labute approximate surface area is 71.2 Å². The van der Waals surface area contributed by atoms with Crippen molar-refractivity contribution >= 4 is 11.8 Å². The van der Waals surface area contributed by atoms with Crippen molar-refractivity contribution in [2.45, 2.75) is 31.9 Å². The molecule has 2 heteroatoms. The van der Waals surface area contributed by atoms with Gasteiger partial charge >= 0.3 is 0 Å². The highest BCUT2D eigenvalue weighted by molar-refractivity contribution is 8.03. The minimum absolute atomic E-state index is 0.107. The highest BCUT2D eigenvalue weighted by Gasteiger charge is 2.49. The van der Waals surface area contributed by atoms with Crippen LogP contribution in [-0.2, 0) is 0 Å². The lowest BCUT2D eigenvalue weighted by atomic mass is 9.87. The van der Waals surface area contributed by atoms with Crippen LogP contribution < -0.4 is 0 Å². The van der Waals surface area contributed by atoms with Crippen molar-refractivity contribution in [1.82, 2.24) is 0 Å². The number of rotatable bonds is 0. The van der Waals surface area contributed by atoms with Gasteiger partial charge in [0.15, 0.2) is 0 Å². The zero-order chi connectivity index (χ0) is 8.06. The smallest absolute Gasteiger partial charge is 0.113 e. The third kappa shape index (κ3) is 0.883. The first-order valence-electron chi connectivity index (χ1n) is 4.16. The van der Waals surface area contributed by atoms with Gasteiger partial charge in [-0.05, 0) is 18.8 Å². The molecule has 3 atom stereocenters. The van der Waals surface area contributed by atoms with Gasteiger partial charge in [-0.15, -0.1) is 11.8 Å². The van der Waals surface area contributed by atoms with Crippen molar-refractivity contribution in [1.29, 1.82) is 0 Å². The van der Waals surface area contributed by atoms with Gasteiger partial charge in [0.05, 0.1) is 0 Å². The van der Waals surface area contributed by atoms with Crippen LogP contribution in [0, 0.1) is 11.3 Å². The topological polar surface area (TPSA) is 0 Å². The highest BCUT2D eigenvalue weighted by Crippen LogP contribution is 2.57. The SMILES string of the molecule is CC1CCC2(C)C(F)=CSC12.